The normalized spacial score (nSPS) is 65.4. The molecule has 0 aromatic rings. The molecule has 0 aromatic carbocycles. The van der Waals surface area contributed by atoms with Gasteiger partial charge in [0.25, 0.3) is 0 Å². The molecule has 0 aromatic heterocycles. The van der Waals surface area contributed by atoms with Crippen LogP contribution >= 0.6 is 0 Å². The van der Waals surface area contributed by atoms with Crippen molar-refractivity contribution >= 4 is 0 Å². The Balaban J connectivity index is 1.92. The van der Waals surface area contributed by atoms with E-state index < -0.39 is 0 Å². The summed E-state index contributed by atoms with van der Waals surface area (Å²) in [6.45, 7) is 14.9. The summed E-state index contributed by atoms with van der Waals surface area (Å²) in [6.07, 6.45) is 2.94. The largest absolute Gasteiger partial charge is 0.0648 e. The van der Waals surface area contributed by atoms with Crippen LogP contribution in [-0.2, 0) is 0 Å². The highest BCUT2D eigenvalue weighted by atomic mass is 14.9. The molecule has 6 unspecified atom stereocenters. The molecule has 0 aliphatic heterocycles. The molecule has 15 heavy (non-hydrogen) atoms. The smallest absolute Gasteiger partial charge is 0.0199 e. The molecule has 3 saturated carbocycles. The van der Waals surface area contributed by atoms with E-state index in [0.29, 0.717) is 5.41 Å². The minimum atomic E-state index is 0.712. The van der Waals surface area contributed by atoms with Crippen molar-refractivity contribution in [1.29, 1.82) is 0 Å². The highest BCUT2D eigenvalue weighted by Crippen LogP contribution is 2.95. The van der Waals surface area contributed by atoms with Crippen LogP contribution < -0.4 is 0 Å². The van der Waals surface area contributed by atoms with E-state index in [1.807, 2.05) is 0 Å². The Morgan fingerprint density at radius 1 is 1.20 bits per heavy atom. The van der Waals surface area contributed by atoms with E-state index in [2.05, 4.69) is 41.5 Å². The molecule has 0 spiro atoms. The van der Waals surface area contributed by atoms with Gasteiger partial charge in [0.2, 0.25) is 0 Å². The van der Waals surface area contributed by atoms with E-state index in [1.54, 1.807) is 0 Å². The fraction of sp³-hybridized carbons (Fsp3) is 1.00. The summed E-state index contributed by atoms with van der Waals surface area (Å²) < 4.78 is 0. The van der Waals surface area contributed by atoms with Crippen molar-refractivity contribution in [3.8, 4) is 0 Å². The topological polar surface area (TPSA) is 0 Å². The Labute approximate surface area is 94.8 Å². The zero-order valence-electron chi connectivity index (χ0n) is 11.2. The quantitative estimate of drug-likeness (QED) is 0.630. The number of rotatable bonds is 2. The summed E-state index contributed by atoms with van der Waals surface area (Å²) in [5, 5.41) is 0. The average molecular weight is 206 g/mol. The van der Waals surface area contributed by atoms with Crippen molar-refractivity contribution in [2.45, 2.75) is 54.4 Å². The first-order valence-corrected chi connectivity index (χ1v) is 6.87. The molecule has 86 valence electrons. The molecule has 0 amide bonds. The highest BCUT2D eigenvalue weighted by molar-refractivity contribution is 5.37. The predicted molar refractivity (Wildman–Crippen MR) is 64.5 cm³/mol. The van der Waals surface area contributed by atoms with Gasteiger partial charge in [0, 0.05) is 0 Å². The van der Waals surface area contributed by atoms with Gasteiger partial charge < -0.3 is 0 Å². The van der Waals surface area contributed by atoms with E-state index in [-0.39, 0.29) is 0 Å². The van der Waals surface area contributed by atoms with E-state index in [0.717, 1.165) is 34.5 Å². The molecule has 3 aliphatic carbocycles. The maximum atomic E-state index is 2.57. The van der Waals surface area contributed by atoms with Crippen molar-refractivity contribution in [1.82, 2.24) is 0 Å². The van der Waals surface area contributed by atoms with Crippen LogP contribution in [0.5, 0.6) is 0 Å². The van der Waals surface area contributed by atoms with Gasteiger partial charge in [-0.15, -0.1) is 0 Å². The van der Waals surface area contributed by atoms with Crippen LogP contribution in [0.4, 0.5) is 0 Å². The lowest BCUT2D eigenvalue weighted by molar-refractivity contribution is -0.223. The number of hydrogen-bond acceptors (Lipinski definition) is 0. The van der Waals surface area contributed by atoms with Crippen molar-refractivity contribution in [3.05, 3.63) is 0 Å². The third-order valence-electron chi connectivity index (χ3n) is 7.72. The molecule has 3 aliphatic rings. The maximum absolute atomic E-state index is 2.57. The van der Waals surface area contributed by atoms with Crippen molar-refractivity contribution in [2.75, 3.05) is 0 Å². The van der Waals surface area contributed by atoms with Gasteiger partial charge in [-0.25, -0.2) is 0 Å². The lowest BCUT2D eigenvalue weighted by atomic mass is 9.34. The van der Waals surface area contributed by atoms with Crippen molar-refractivity contribution in [3.63, 3.8) is 0 Å². The predicted octanol–water partition coefficient (Wildman–Crippen LogP) is 4.35. The average Bonchev–Trinajstić information content (AvgIpc) is 2.47. The lowest BCUT2D eigenvalue weighted by Gasteiger charge is -2.70. The molecular formula is C15H26. The van der Waals surface area contributed by atoms with Gasteiger partial charge in [-0.2, -0.15) is 0 Å². The molecular weight excluding hydrogens is 180 g/mol. The Bertz CT molecular complexity index is 318. The second-order valence-corrected chi connectivity index (χ2v) is 7.32. The van der Waals surface area contributed by atoms with Crippen molar-refractivity contribution < 1.29 is 0 Å². The van der Waals surface area contributed by atoms with Gasteiger partial charge in [-0.1, -0.05) is 41.5 Å². The molecule has 6 atom stereocenters. The molecule has 3 rings (SSSR count). The summed E-state index contributed by atoms with van der Waals surface area (Å²) in [4.78, 5) is 0. The molecule has 0 nitrogen and oxygen atoms in total. The Hall–Kier alpha value is 0. The molecule has 0 bridgehead atoms. The second kappa shape index (κ2) is 2.31. The van der Waals surface area contributed by atoms with Crippen LogP contribution in [-0.4, -0.2) is 0 Å². The van der Waals surface area contributed by atoms with Gasteiger partial charge >= 0.3 is 0 Å². The maximum Gasteiger partial charge on any atom is -0.0199 e. The molecule has 0 radical (unpaired) electrons. The minimum absolute atomic E-state index is 0.712. The molecule has 0 heteroatoms. The second-order valence-electron chi connectivity index (χ2n) is 7.32. The van der Waals surface area contributed by atoms with Gasteiger partial charge in [-0.05, 0) is 52.8 Å². The van der Waals surface area contributed by atoms with Gasteiger partial charge in [-0.3, -0.25) is 0 Å². The van der Waals surface area contributed by atoms with Crippen LogP contribution in [0.15, 0.2) is 0 Å². The number of fused-ring (bicyclic) bond motifs is 4. The summed E-state index contributed by atoms with van der Waals surface area (Å²) in [6, 6.07) is 0. The van der Waals surface area contributed by atoms with Gasteiger partial charge in [0.15, 0.2) is 0 Å². The van der Waals surface area contributed by atoms with E-state index in [9.17, 15) is 0 Å². The molecule has 0 saturated heterocycles. The Morgan fingerprint density at radius 2 is 1.80 bits per heavy atom. The summed E-state index contributed by atoms with van der Waals surface area (Å²) in [7, 11) is 0. The first-order valence-electron chi connectivity index (χ1n) is 6.87. The monoisotopic (exact) mass is 206 g/mol. The fourth-order valence-corrected chi connectivity index (χ4v) is 6.19. The third-order valence-corrected chi connectivity index (χ3v) is 7.72. The molecule has 0 heterocycles. The first-order chi connectivity index (χ1) is 6.87. The third kappa shape index (κ3) is 0.666. The fourth-order valence-electron chi connectivity index (χ4n) is 6.19. The van der Waals surface area contributed by atoms with Crippen LogP contribution in [0, 0.1) is 39.9 Å². The summed E-state index contributed by atoms with van der Waals surface area (Å²) >= 11 is 0. The van der Waals surface area contributed by atoms with Gasteiger partial charge in [0.1, 0.15) is 0 Å². The minimum Gasteiger partial charge on any atom is -0.0648 e. The first kappa shape index (κ1) is 10.2. The Morgan fingerprint density at radius 3 is 2.20 bits per heavy atom. The van der Waals surface area contributed by atoms with Crippen LogP contribution in [0.2, 0.25) is 0 Å². The van der Waals surface area contributed by atoms with Crippen LogP contribution in [0.25, 0.3) is 0 Å². The highest BCUT2D eigenvalue weighted by Gasteiger charge is 2.90. The Kier molecular flexibility index (Phi) is 1.57. The lowest BCUT2D eigenvalue weighted by Crippen LogP contribution is -2.64. The molecule has 3 fully saturated rings. The summed E-state index contributed by atoms with van der Waals surface area (Å²) in [5.74, 6) is 4.03. The SMILES string of the molecule is CCC1(C(C)C)CC2C1C1(C)C(C)C21C. The van der Waals surface area contributed by atoms with Crippen molar-refractivity contribution in [2.24, 2.45) is 39.9 Å². The van der Waals surface area contributed by atoms with Crippen LogP contribution in [0.1, 0.15) is 54.4 Å². The zero-order chi connectivity index (χ0) is 11.2. The van der Waals surface area contributed by atoms with E-state index in [1.165, 1.54) is 12.8 Å². The standard InChI is InChI=1S/C15H26/c1-7-15(9(2)3)8-11-12(15)14(6)10(4)13(11,14)5/h9-12H,7-8H2,1-6H3. The van der Waals surface area contributed by atoms with Crippen LogP contribution in [0.3, 0.4) is 0 Å². The van der Waals surface area contributed by atoms with E-state index >= 15 is 0 Å². The van der Waals surface area contributed by atoms with E-state index in [4.69, 9.17) is 0 Å². The summed E-state index contributed by atoms with van der Waals surface area (Å²) in [5.41, 5.74) is 2.17. The number of hydrogen-bond donors (Lipinski definition) is 0. The van der Waals surface area contributed by atoms with Gasteiger partial charge in [0.05, 0.1) is 0 Å². The molecule has 0 N–H and O–H groups in total. The zero-order valence-corrected chi connectivity index (χ0v) is 11.2.